The summed E-state index contributed by atoms with van der Waals surface area (Å²) in [6, 6.07) is 11.2. The first-order valence-electron chi connectivity index (χ1n) is 5.55. The predicted octanol–water partition coefficient (Wildman–Crippen LogP) is 0.790. The lowest BCUT2D eigenvalue weighted by Gasteiger charge is -2.16. The summed E-state index contributed by atoms with van der Waals surface area (Å²) in [4.78, 5) is 25.0. The summed E-state index contributed by atoms with van der Waals surface area (Å²) in [5.41, 5.74) is 3.43. The number of hydrogen-bond acceptors (Lipinski definition) is 3. The maximum absolute atomic E-state index is 12.2. The van der Waals surface area contributed by atoms with E-state index in [0.29, 0.717) is 5.56 Å². The summed E-state index contributed by atoms with van der Waals surface area (Å²) < 4.78 is 0. The molecule has 0 aliphatic carbocycles. The molecule has 1 heterocycles. The fourth-order valence-corrected chi connectivity index (χ4v) is 2.33. The lowest BCUT2D eigenvalue weighted by atomic mass is 10.1. The predicted molar refractivity (Wildman–Crippen MR) is 68.0 cm³/mol. The van der Waals surface area contributed by atoms with Crippen LogP contribution in [0.15, 0.2) is 36.4 Å². The number of nitrogens with two attached hydrogens (primary N) is 1. The lowest BCUT2D eigenvalue weighted by Crippen LogP contribution is -2.41. The minimum Gasteiger partial charge on any atom is -0.298 e. The minimum atomic E-state index is -0.395. The van der Waals surface area contributed by atoms with Crippen LogP contribution in [0.25, 0.3) is 10.8 Å². The number of nitrogens with one attached hydrogen (secondary N) is 1. The average Bonchev–Trinajstić information content (AvgIpc) is 2.67. The van der Waals surface area contributed by atoms with Crippen LogP contribution in [0.4, 0.5) is 5.69 Å². The highest BCUT2D eigenvalue weighted by Gasteiger charge is 2.30. The van der Waals surface area contributed by atoms with Gasteiger partial charge in [-0.1, -0.05) is 24.3 Å². The molecule has 18 heavy (non-hydrogen) atoms. The van der Waals surface area contributed by atoms with Gasteiger partial charge in [-0.3, -0.25) is 19.9 Å². The fraction of sp³-hybridized carbons (Fsp3) is 0.0769. The molecule has 0 spiro atoms. The first-order valence-corrected chi connectivity index (χ1v) is 5.55. The highest BCUT2D eigenvalue weighted by Crippen LogP contribution is 2.36. The average molecular weight is 241 g/mol. The minimum absolute atomic E-state index is 0.0663. The molecule has 1 aliphatic heterocycles. The molecule has 3 rings (SSSR count). The van der Waals surface area contributed by atoms with Crippen LogP contribution in [0.5, 0.6) is 0 Å². The Bertz CT molecular complexity index is 661. The van der Waals surface area contributed by atoms with E-state index in [1.165, 1.54) is 4.90 Å². The van der Waals surface area contributed by atoms with Gasteiger partial charge in [-0.05, 0) is 17.5 Å². The molecule has 0 fully saturated rings. The second-order valence-electron chi connectivity index (χ2n) is 4.14. The smallest absolute Gasteiger partial charge is 0.259 e. The van der Waals surface area contributed by atoms with E-state index in [1.54, 1.807) is 6.07 Å². The van der Waals surface area contributed by atoms with Gasteiger partial charge in [0.05, 0.1) is 5.69 Å². The van der Waals surface area contributed by atoms with Crippen LogP contribution in [0.1, 0.15) is 10.4 Å². The molecule has 90 valence electrons. The number of carbonyl (C=O) groups is 2. The third-order valence-electron chi connectivity index (χ3n) is 3.11. The van der Waals surface area contributed by atoms with Crippen LogP contribution in [-0.2, 0) is 4.79 Å². The Balaban J connectivity index is 2.16. The van der Waals surface area contributed by atoms with Gasteiger partial charge in [0.2, 0.25) is 0 Å². The molecular weight excluding hydrogens is 230 g/mol. The molecule has 2 amide bonds. The molecule has 0 radical (unpaired) electrons. The van der Waals surface area contributed by atoms with E-state index in [-0.39, 0.29) is 12.5 Å². The Morgan fingerprint density at radius 1 is 1.22 bits per heavy atom. The van der Waals surface area contributed by atoms with E-state index in [0.717, 1.165) is 16.5 Å². The molecule has 0 bridgehead atoms. The van der Waals surface area contributed by atoms with Gasteiger partial charge in [0.25, 0.3) is 11.8 Å². The Hall–Kier alpha value is -2.40. The van der Waals surface area contributed by atoms with Gasteiger partial charge >= 0.3 is 0 Å². The maximum Gasteiger partial charge on any atom is 0.259 e. The van der Waals surface area contributed by atoms with Gasteiger partial charge in [-0.25, -0.2) is 5.84 Å². The van der Waals surface area contributed by atoms with E-state index in [1.807, 2.05) is 35.8 Å². The molecule has 2 aromatic rings. The van der Waals surface area contributed by atoms with Gasteiger partial charge in [0, 0.05) is 10.9 Å². The second-order valence-corrected chi connectivity index (χ2v) is 4.14. The van der Waals surface area contributed by atoms with E-state index in [2.05, 4.69) is 0 Å². The zero-order valence-electron chi connectivity index (χ0n) is 9.51. The van der Waals surface area contributed by atoms with Crippen LogP contribution >= 0.6 is 0 Å². The molecule has 2 aromatic carbocycles. The number of amides is 2. The van der Waals surface area contributed by atoms with Gasteiger partial charge in [0.15, 0.2) is 0 Å². The largest absolute Gasteiger partial charge is 0.298 e. The number of anilines is 1. The number of carbonyl (C=O) groups excluding carboxylic acids is 2. The summed E-state index contributed by atoms with van der Waals surface area (Å²) in [6.07, 6.45) is 0. The zero-order valence-corrected chi connectivity index (χ0v) is 9.51. The van der Waals surface area contributed by atoms with Crippen molar-refractivity contribution in [2.24, 2.45) is 5.84 Å². The van der Waals surface area contributed by atoms with Crippen molar-refractivity contribution in [3.8, 4) is 0 Å². The summed E-state index contributed by atoms with van der Waals surface area (Å²) in [7, 11) is 0. The molecule has 3 N–H and O–H groups in total. The third-order valence-corrected chi connectivity index (χ3v) is 3.11. The molecule has 0 saturated carbocycles. The third kappa shape index (κ3) is 1.38. The van der Waals surface area contributed by atoms with Crippen molar-refractivity contribution in [2.75, 3.05) is 11.4 Å². The monoisotopic (exact) mass is 241 g/mol. The van der Waals surface area contributed by atoms with Gasteiger partial charge < -0.3 is 0 Å². The van der Waals surface area contributed by atoms with Crippen LogP contribution in [0, 0.1) is 0 Å². The van der Waals surface area contributed by atoms with Crippen molar-refractivity contribution < 1.29 is 9.59 Å². The zero-order chi connectivity index (χ0) is 12.7. The molecule has 0 unspecified atom stereocenters. The van der Waals surface area contributed by atoms with E-state index < -0.39 is 5.91 Å². The standard InChI is InChI=1S/C13H11N3O2/c14-15-11(17)7-16-10-6-2-4-8-3-1-5-9(12(8)10)13(16)18/h1-6H,7,14H2,(H,15,17). The number of hydrogen-bond donors (Lipinski definition) is 2. The molecule has 5 nitrogen and oxygen atoms in total. The van der Waals surface area contributed by atoms with E-state index in [4.69, 9.17) is 5.84 Å². The highest BCUT2D eigenvalue weighted by molar-refractivity contribution is 6.26. The first kappa shape index (κ1) is 10.7. The van der Waals surface area contributed by atoms with Crippen molar-refractivity contribution >= 4 is 28.3 Å². The first-order chi connectivity index (χ1) is 8.72. The Labute approximate surface area is 103 Å². The molecule has 0 atom stereocenters. The summed E-state index contributed by atoms with van der Waals surface area (Å²) >= 11 is 0. The van der Waals surface area contributed by atoms with E-state index >= 15 is 0 Å². The molecule has 0 aromatic heterocycles. The maximum atomic E-state index is 12.2. The Morgan fingerprint density at radius 3 is 2.67 bits per heavy atom. The van der Waals surface area contributed by atoms with Crippen molar-refractivity contribution in [3.63, 3.8) is 0 Å². The van der Waals surface area contributed by atoms with Crippen LogP contribution in [-0.4, -0.2) is 18.4 Å². The molecule has 0 saturated heterocycles. The second kappa shape index (κ2) is 3.82. The molecule has 1 aliphatic rings. The number of benzene rings is 2. The fourth-order valence-electron chi connectivity index (χ4n) is 2.33. The SMILES string of the molecule is NNC(=O)CN1C(=O)c2cccc3cccc1c23. The van der Waals surface area contributed by atoms with Crippen LogP contribution in [0.3, 0.4) is 0 Å². The summed E-state index contributed by atoms with van der Waals surface area (Å²) in [6.45, 7) is -0.0663. The van der Waals surface area contributed by atoms with Crippen LogP contribution < -0.4 is 16.2 Å². The summed E-state index contributed by atoms with van der Waals surface area (Å²) in [5.74, 6) is 4.50. The molecular formula is C13H11N3O2. The number of nitrogens with zero attached hydrogens (tertiary/aromatic N) is 1. The quantitative estimate of drug-likeness (QED) is 0.463. The highest BCUT2D eigenvalue weighted by atomic mass is 16.2. The van der Waals surface area contributed by atoms with Crippen molar-refractivity contribution in [1.82, 2.24) is 5.43 Å². The van der Waals surface area contributed by atoms with Crippen molar-refractivity contribution in [3.05, 3.63) is 42.0 Å². The Kier molecular flexibility index (Phi) is 2.28. The number of rotatable bonds is 2. The van der Waals surface area contributed by atoms with Gasteiger partial charge in [-0.2, -0.15) is 0 Å². The van der Waals surface area contributed by atoms with Gasteiger partial charge in [0.1, 0.15) is 6.54 Å². The normalized spacial score (nSPS) is 13.2. The Morgan fingerprint density at radius 2 is 1.94 bits per heavy atom. The molecule has 5 heteroatoms. The van der Waals surface area contributed by atoms with E-state index in [9.17, 15) is 9.59 Å². The van der Waals surface area contributed by atoms with Crippen LogP contribution in [0.2, 0.25) is 0 Å². The lowest BCUT2D eigenvalue weighted by molar-refractivity contribution is -0.119. The van der Waals surface area contributed by atoms with Crippen molar-refractivity contribution in [1.29, 1.82) is 0 Å². The number of hydrazine groups is 1. The van der Waals surface area contributed by atoms with Gasteiger partial charge in [-0.15, -0.1) is 0 Å². The van der Waals surface area contributed by atoms with Crippen molar-refractivity contribution in [2.45, 2.75) is 0 Å². The summed E-state index contributed by atoms with van der Waals surface area (Å²) in [5, 5.41) is 1.89. The topological polar surface area (TPSA) is 75.4 Å².